The van der Waals surface area contributed by atoms with Crippen LogP contribution >= 0.6 is 0 Å². The first-order valence-corrected chi connectivity index (χ1v) is 9.10. The van der Waals surface area contributed by atoms with Crippen LogP contribution in [0.2, 0.25) is 0 Å². The zero-order valence-corrected chi connectivity index (χ0v) is 15.3. The summed E-state index contributed by atoms with van der Waals surface area (Å²) in [5, 5.41) is 18.4. The minimum atomic E-state index is 0.412. The molecule has 4 heteroatoms. The molecule has 0 bridgehead atoms. The minimum Gasteiger partial charge on any atom is -0.305 e. The van der Waals surface area contributed by atoms with Crippen LogP contribution in [0.3, 0.4) is 0 Å². The molecule has 3 rings (SSSR count). The molecule has 0 aliphatic carbocycles. The summed E-state index contributed by atoms with van der Waals surface area (Å²) in [6, 6.07) is 18.6. The van der Waals surface area contributed by atoms with Gasteiger partial charge in [-0.15, -0.1) is 0 Å². The lowest BCUT2D eigenvalue weighted by molar-refractivity contribution is 0.269. The van der Waals surface area contributed by atoms with Gasteiger partial charge >= 0.3 is 0 Å². The lowest BCUT2D eigenvalue weighted by Gasteiger charge is -2.20. The number of benzene rings is 2. The average Bonchev–Trinajstić information content (AvgIpc) is 2.87. The van der Waals surface area contributed by atoms with Crippen LogP contribution in [-0.2, 0) is 13.0 Å². The minimum absolute atomic E-state index is 0.412. The fourth-order valence-electron chi connectivity index (χ4n) is 3.44. The third kappa shape index (κ3) is 4.49. The quantitative estimate of drug-likeness (QED) is 0.853. The fraction of sp³-hybridized carbons (Fsp3) is 0.364. The van der Waals surface area contributed by atoms with Gasteiger partial charge in [-0.25, -0.2) is 0 Å². The van der Waals surface area contributed by atoms with Gasteiger partial charge in [0.1, 0.15) is 0 Å². The SMILES string of the molecule is CN1CCCN(Cc2ccc(-c3ccc(CC#N)cc3)c(C#N)c2)CC1. The van der Waals surface area contributed by atoms with E-state index in [0.717, 1.165) is 49.4 Å². The van der Waals surface area contributed by atoms with Crippen LogP contribution in [0.25, 0.3) is 11.1 Å². The molecule has 0 unspecified atom stereocenters. The molecule has 0 saturated carbocycles. The van der Waals surface area contributed by atoms with Gasteiger partial charge < -0.3 is 4.90 Å². The average molecular weight is 344 g/mol. The van der Waals surface area contributed by atoms with Crippen LogP contribution in [-0.4, -0.2) is 43.0 Å². The highest BCUT2D eigenvalue weighted by molar-refractivity contribution is 5.71. The second-order valence-electron chi connectivity index (χ2n) is 6.96. The fourth-order valence-corrected chi connectivity index (χ4v) is 3.44. The van der Waals surface area contributed by atoms with Gasteiger partial charge in [-0.1, -0.05) is 36.4 Å². The molecule has 0 N–H and O–H groups in total. The first kappa shape index (κ1) is 18.1. The van der Waals surface area contributed by atoms with E-state index in [-0.39, 0.29) is 0 Å². The molecule has 2 aromatic rings. The summed E-state index contributed by atoms with van der Waals surface area (Å²) in [5.41, 5.74) is 4.87. The Kier molecular flexibility index (Phi) is 6.02. The van der Waals surface area contributed by atoms with Crippen molar-refractivity contribution in [2.45, 2.75) is 19.4 Å². The van der Waals surface area contributed by atoms with E-state index in [1.807, 2.05) is 30.3 Å². The number of hydrogen-bond acceptors (Lipinski definition) is 4. The van der Waals surface area contributed by atoms with E-state index in [1.54, 1.807) is 0 Å². The van der Waals surface area contributed by atoms with Crippen LogP contribution in [0.5, 0.6) is 0 Å². The normalized spacial score (nSPS) is 15.8. The summed E-state index contributed by atoms with van der Waals surface area (Å²) < 4.78 is 0. The second kappa shape index (κ2) is 8.63. The molecule has 0 atom stereocenters. The smallest absolute Gasteiger partial charge is 0.0998 e. The Morgan fingerprint density at radius 3 is 2.42 bits per heavy atom. The van der Waals surface area contributed by atoms with Gasteiger partial charge in [-0.2, -0.15) is 10.5 Å². The maximum Gasteiger partial charge on any atom is 0.0998 e. The van der Waals surface area contributed by atoms with Crippen molar-refractivity contribution in [3.05, 3.63) is 59.2 Å². The molecule has 1 aliphatic rings. The van der Waals surface area contributed by atoms with Crippen molar-refractivity contribution in [3.63, 3.8) is 0 Å². The lowest BCUT2D eigenvalue weighted by Crippen LogP contribution is -2.28. The van der Waals surface area contributed by atoms with Gasteiger partial charge in [-0.3, -0.25) is 4.90 Å². The molecule has 4 nitrogen and oxygen atoms in total. The molecule has 1 saturated heterocycles. The standard InChI is InChI=1S/C22H24N4/c1-25-11-2-12-26(14-13-25)17-19-5-8-22(21(15-19)16-24)20-6-3-18(4-7-20)9-10-23/h3-8,15H,2,9,11-14,17H2,1H3. The highest BCUT2D eigenvalue weighted by Gasteiger charge is 2.13. The highest BCUT2D eigenvalue weighted by Crippen LogP contribution is 2.25. The van der Waals surface area contributed by atoms with E-state index in [0.29, 0.717) is 12.0 Å². The van der Waals surface area contributed by atoms with Crippen molar-refractivity contribution in [1.82, 2.24) is 9.80 Å². The number of nitrogens with zero attached hydrogens (tertiary/aromatic N) is 4. The lowest BCUT2D eigenvalue weighted by atomic mass is 9.97. The number of likely N-dealkylation sites (N-methyl/N-ethyl adjacent to an activating group) is 1. The van der Waals surface area contributed by atoms with E-state index in [2.05, 4.69) is 41.1 Å². The van der Waals surface area contributed by atoms with Gasteiger partial charge in [0.15, 0.2) is 0 Å². The molecule has 26 heavy (non-hydrogen) atoms. The summed E-state index contributed by atoms with van der Waals surface area (Å²) in [6.07, 6.45) is 1.60. The van der Waals surface area contributed by atoms with E-state index >= 15 is 0 Å². The molecule has 1 heterocycles. The summed E-state index contributed by atoms with van der Waals surface area (Å²) in [5.74, 6) is 0. The molecular weight excluding hydrogens is 320 g/mol. The molecule has 0 aromatic heterocycles. The molecule has 2 aromatic carbocycles. The van der Waals surface area contributed by atoms with Crippen molar-refractivity contribution in [2.24, 2.45) is 0 Å². The van der Waals surface area contributed by atoms with Crippen LogP contribution in [0.1, 0.15) is 23.1 Å². The monoisotopic (exact) mass is 344 g/mol. The Morgan fingerprint density at radius 1 is 0.923 bits per heavy atom. The van der Waals surface area contributed by atoms with E-state index in [4.69, 9.17) is 5.26 Å². The van der Waals surface area contributed by atoms with Crippen LogP contribution < -0.4 is 0 Å². The third-order valence-corrected chi connectivity index (χ3v) is 4.97. The zero-order valence-electron chi connectivity index (χ0n) is 15.3. The summed E-state index contributed by atoms with van der Waals surface area (Å²) >= 11 is 0. The van der Waals surface area contributed by atoms with Gasteiger partial charge in [-0.05, 0) is 54.9 Å². The van der Waals surface area contributed by atoms with Crippen molar-refractivity contribution in [1.29, 1.82) is 10.5 Å². The van der Waals surface area contributed by atoms with Gasteiger partial charge in [0, 0.05) is 19.6 Å². The van der Waals surface area contributed by atoms with Gasteiger partial charge in [0.2, 0.25) is 0 Å². The molecular formula is C22H24N4. The van der Waals surface area contributed by atoms with E-state index in [1.165, 1.54) is 12.0 Å². The summed E-state index contributed by atoms with van der Waals surface area (Å²) in [6.45, 7) is 5.32. The first-order valence-electron chi connectivity index (χ1n) is 9.10. The summed E-state index contributed by atoms with van der Waals surface area (Å²) in [4.78, 5) is 4.84. The molecule has 1 aliphatic heterocycles. The van der Waals surface area contributed by atoms with E-state index in [9.17, 15) is 5.26 Å². The molecule has 1 fully saturated rings. The number of nitriles is 2. The van der Waals surface area contributed by atoms with Crippen molar-refractivity contribution in [2.75, 3.05) is 33.2 Å². The maximum absolute atomic E-state index is 9.62. The van der Waals surface area contributed by atoms with Gasteiger partial charge in [0.25, 0.3) is 0 Å². The van der Waals surface area contributed by atoms with Crippen molar-refractivity contribution >= 4 is 0 Å². The molecule has 0 radical (unpaired) electrons. The maximum atomic E-state index is 9.62. The van der Waals surface area contributed by atoms with Crippen molar-refractivity contribution < 1.29 is 0 Å². The number of rotatable bonds is 4. The Hall–Kier alpha value is -2.66. The van der Waals surface area contributed by atoms with Crippen molar-refractivity contribution in [3.8, 4) is 23.3 Å². The topological polar surface area (TPSA) is 54.1 Å². The highest BCUT2D eigenvalue weighted by atomic mass is 15.2. The Balaban J connectivity index is 1.77. The van der Waals surface area contributed by atoms with E-state index < -0.39 is 0 Å². The first-order chi connectivity index (χ1) is 12.7. The van der Waals surface area contributed by atoms with Crippen LogP contribution in [0.15, 0.2) is 42.5 Å². The Bertz CT molecular complexity index is 827. The Morgan fingerprint density at radius 2 is 1.69 bits per heavy atom. The van der Waals surface area contributed by atoms with Crippen LogP contribution in [0, 0.1) is 22.7 Å². The van der Waals surface area contributed by atoms with Gasteiger partial charge in [0.05, 0.1) is 24.1 Å². The third-order valence-electron chi connectivity index (χ3n) is 4.97. The second-order valence-corrected chi connectivity index (χ2v) is 6.96. The number of hydrogen-bond donors (Lipinski definition) is 0. The molecule has 0 amide bonds. The zero-order chi connectivity index (χ0) is 18.4. The molecule has 132 valence electrons. The largest absolute Gasteiger partial charge is 0.305 e. The molecule has 0 spiro atoms. The Labute approximate surface area is 155 Å². The predicted octanol–water partition coefficient (Wildman–Crippen LogP) is 3.43. The predicted molar refractivity (Wildman–Crippen MR) is 103 cm³/mol. The van der Waals surface area contributed by atoms with Crippen LogP contribution in [0.4, 0.5) is 0 Å². The summed E-state index contributed by atoms with van der Waals surface area (Å²) in [7, 11) is 2.17.